The summed E-state index contributed by atoms with van der Waals surface area (Å²) in [6, 6.07) is 6.95. The van der Waals surface area contributed by atoms with Gasteiger partial charge in [-0.1, -0.05) is 26.0 Å². The molecule has 1 aromatic rings. The fraction of sp³-hybridized carbons (Fsp3) is 0.500. The summed E-state index contributed by atoms with van der Waals surface area (Å²) in [5.74, 6) is 0.207. The van der Waals surface area contributed by atoms with Gasteiger partial charge in [0.1, 0.15) is 5.82 Å². The zero-order valence-corrected chi connectivity index (χ0v) is 9.57. The third kappa shape index (κ3) is 2.69. The largest absolute Gasteiger partial charge is 0.368 e. The van der Waals surface area contributed by atoms with Crippen molar-refractivity contribution < 1.29 is 4.39 Å². The predicted octanol–water partition coefficient (Wildman–Crippen LogP) is 2.25. The van der Waals surface area contributed by atoms with Crippen LogP contribution < -0.4 is 10.6 Å². The number of likely N-dealkylation sites (N-methyl/N-ethyl adjacent to an activating group) is 1. The number of hydrogen-bond acceptors (Lipinski definition) is 2. The van der Waals surface area contributed by atoms with Crippen molar-refractivity contribution in [3.05, 3.63) is 30.1 Å². The van der Waals surface area contributed by atoms with Crippen molar-refractivity contribution in [2.75, 3.05) is 18.5 Å². The molecule has 0 fully saturated rings. The molecule has 0 aliphatic carbocycles. The van der Waals surface area contributed by atoms with Gasteiger partial charge in [-0.05, 0) is 18.1 Å². The average molecular weight is 210 g/mol. The van der Waals surface area contributed by atoms with E-state index in [0.717, 1.165) is 0 Å². The minimum absolute atomic E-state index is 0.168. The molecule has 0 spiro atoms. The molecule has 84 valence electrons. The van der Waals surface area contributed by atoms with Gasteiger partial charge in [0.2, 0.25) is 0 Å². The SMILES string of the molecule is CC(C)C(CN)N(C)c1ccccc1F. The number of anilines is 1. The van der Waals surface area contributed by atoms with Gasteiger partial charge < -0.3 is 10.6 Å². The predicted molar refractivity (Wildman–Crippen MR) is 62.5 cm³/mol. The van der Waals surface area contributed by atoms with Gasteiger partial charge in [-0.25, -0.2) is 4.39 Å². The normalized spacial score (nSPS) is 12.9. The summed E-state index contributed by atoms with van der Waals surface area (Å²) in [7, 11) is 1.88. The van der Waals surface area contributed by atoms with E-state index in [2.05, 4.69) is 13.8 Å². The molecule has 0 amide bonds. The molecule has 0 bridgehead atoms. The Morgan fingerprint density at radius 2 is 1.93 bits per heavy atom. The molecular formula is C12H19FN2. The standard InChI is InChI=1S/C12H19FN2/c1-9(2)12(8-14)15(3)11-7-5-4-6-10(11)13/h4-7,9,12H,8,14H2,1-3H3. The molecule has 2 nitrogen and oxygen atoms in total. The maximum absolute atomic E-state index is 13.5. The van der Waals surface area contributed by atoms with Crippen molar-refractivity contribution in [2.45, 2.75) is 19.9 Å². The minimum atomic E-state index is -0.195. The third-order valence-corrected chi connectivity index (χ3v) is 2.74. The van der Waals surface area contributed by atoms with Gasteiger partial charge in [0.05, 0.1) is 5.69 Å². The lowest BCUT2D eigenvalue weighted by molar-refractivity contribution is 0.473. The van der Waals surface area contributed by atoms with Crippen LogP contribution >= 0.6 is 0 Å². The molecule has 1 atom stereocenters. The molecule has 0 aliphatic rings. The monoisotopic (exact) mass is 210 g/mol. The molecule has 0 radical (unpaired) electrons. The van der Waals surface area contributed by atoms with Crippen molar-refractivity contribution >= 4 is 5.69 Å². The molecule has 1 aromatic carbocycles. The number of halogens is 1. The lowest BCUT2D eigenvalue weighted by Gasteiger charge is -2.32. The van der Waals surface area contributed by atoms with Gasteiger partial charge in [0, 0.05) is 19.6 Å². The molecular weight excluding hydrogens is 191 g/mol. The van der Waals surface area contributed by atoms with Gasteiger partial charge in [0.25, 0.3) is 0 Å². The van der Waals surface area contributed by atoms with Crippen LogP contribution in [0.3, 0.4) is 0 Å². The van der Waals surface area contributed by atoms with E-state index in [9.17, 15) is 4.39 Å². The topological polar surface area (TPSA) is 29.3 Å². The highest BCUT2D eigenvalue weighted by Crippen LogP contribution is 2.21. The first-order valence-corrected chi connectivity index (χ1v) is 5.25. The Labute approximate surface area is 90.9 Å². The highest BCUT2D eigenvalue weighted by molar-refractivity contribution is 5.47. The summed E-state index contributed by atoms with van der Waals surface area (Å²) >= 11 is 0. The number of para-hydroxylation sites is 1. The fourth-order valence-electron chi connectivity index (χ4n) is 1.79. The molecule has 1 unspecified atom stereocenters. The summed E-state index contributed by atoms with van der Waals surface area (Å²) in [6.45, 7) is 4.71. The lowest BCUT2D eigenvalue weighted by atomic mass is 10.0. The Bertz CT molecular complexity index is 312. The Hall–Kier alpha value is -1.09. The van der Waals surface area contributed by atoms with Gasteiger partial charge >= 0.3 is 0 Å². The van der Waals surface area contributed by atoms with Crippen molar-refractivity contribution in [3.63, 3.8) is 0 Å². The summed E-state index contributed by atoms with van der Waals surface area (Å²) in [6.07, 6.45) is 0. The summed E-state index contributed by atoms with van der Waals surface area (Å²) < 4.78 is 13.5. The van der Waals surface area contributed by atoms with E-state index in [0.29, 0.717) is 18.2 Å². The first-order valence-electron chi connectivity index (χ1n) is 5.25. The van der Waals surface area contributed by atoms with Crippen LogP contribution in [0.25, 0.3) is 0 Å². The number of rotatable bonds is 4. The second kappa shape index (κ2) is 5.12. The zero-order valence-electron chi connectivity index (χ0n) is 9.57. The lowest BCUT2D eigenvalue weighted by Crippen LogP contribution is -2.42. The van der Waals surface area contributed by atoms with Crippen molar-refractivity contribution in [1.29, 1.82) is 0 Å². The van der Waals surface area contributed by atoms with E-state index in [1.807, 2.05) is 18.0 Å². The van der Waals surface area contributed by atoms with E-state index >= 15 is 0 Å². The molecule has 3 heteroatoms. The van der Waals surface area contributed by atoms with Crippen molar-refractivity contribution in [1.82, 2.24) is 0 Å². The van der Waals surface area contributed by atoms with Crippen LogP contribution in [0.1, 0.15) is 13.8 Å². The summed E-state index contributed by atoms with van der Waals surface area (Å²) in [5, 5.41) is 0. The van der Waals surface area contributed by atoms with Crippen LogP contribution in [0.4, 0.5) is 10.1 Å². The van der Waals surface area contributed by atoms with E-state index < -0.39 is 0 Å². The fourth-order valence-corrected chi connectivity index (χ4v) is 1.79. The smallest absolute Gasteiger partial charge is 0.146 e. The van der Waals surface area contributed by atoms with Crippen LogP contribution in [0.5, 0.6) is 0 Å². The first kappa shape index (κ1) is 12.0. The van der Waals surface area contributed by atoms with Gasteiger partial charge in [-0.3, -0.25) is 0 Å². The van der Waals surface area contributed by atoms with Crippen LogP contribution in [0.15, 0.2) is 24.3 Å². The van der Waals surface area contributed by atoms with Crippen LogP contribution in [0, 0.1) is 11.7 Å². The van der Waals surface area contributed by atoms with E-state index in [1.165, 1.54) is 6.07 Å². The molecule has 1 rings (SSSR count). The second-order valence-corrected chi connectivity index (χ2v) is 4.11. The second-order valence-electron chi connectivity index (χ2n) is 4.11. The quantitative estimate of drug-likeness (QED) is 0.825. The van der Waals surface area contributed by atoms with E-state index in [4.69, 9.17) is 5.73 Å². The number of benzene rings is 1. The third-order valence-electron chi connectivity index (χ3n) is 2.74. The molecule has 0 saturated carbocycles. The Balaban J connectivity index is 2.92. The van der Waals surface area contributed by atoms with Crippen LogP contribution in [-0.4, -0.2) is 19.6 Å². The van der Waals surface area contributed by atoms with E-state index in [-0.39, 0.29) is 11.9 Å². The zero-order chi connectivity index (χ0) is 11.4. The van der Waals surface area contributed by atoms with Gasteiger partial charge in [0.15, 0.2) is 0 Å². The minimum Gasteiger partial charge on any atom is -0.368 e. The molecule has 15 heavy (non-hydrogen) atoms. The molecule has 2 N–H and O–H groups in total. The Morgan fingerprint density at radius 1 is 1.33 bits per heavy atom. The summed E-state index contributed by atoms with van der Waals surface area (Å²) in [4.78, 5) is 1.92. The molecule has 0 aromatic heterocycles. The van der Waals surface area contributed by atoms with Crippen LogP contribution in [0.2, 0.25) is 0 Å². The highest BCUT2D eigenvalue weighted by Gasteiger charge is 2.19. The Morgan fingerprint density at radius 3 is 2.40 bits per heavy atom. The number of hydrogen-bond donors (Lipinski definition) is 1. The van der Waals surface area contributed by atoms with Crippen LogP contribution in [-0.2, 0) is 0 Å². The van der Waals surface area contributed by atoms with Crippen molar-refractivity contribution in [2.24, 2.45) is 11.7 Å². The Kier molecular flexibility index (Phi) is 4.09. The van der Waals surface area contributed by atoms with Crippen molar-refractivity contribution in [3.8, 4) is 0 Å². The molecule has 0 heterocycles. The van der Waals surface area contributed by atoms with Gasteiger partial charge in [-0.2, -0.15) is 0 Å². The number of nitrogens with two attached hydrogens (primary N) is 1. The number of nitrogens with zero attached hydrogens (tertiary/aromatic N) is 1. The molecule has 0 aliphatic heterocycles. The maximum atomic E-state index is 13.5. The average Bonchev–Trinajstić information content (AvgIpc) is 2.18. The first-order chi connectivity index (χ1) is 7.07. The maximum Gasteiger partial charge on any atom is 0.146 e. The summed E-state index contributed by atoms with van der Waals surface area (Å²) in [5.41, 5.74) is 6.31. The highest BCUT2D eigenvalue weighted by atomic mass is 19.1. The molecule has 0 saturated heterocycles. The van der Waals surface area contributed by atoms with Gasteiger partial charge in [-0.15, -0.1) is 0 Å². The van der Waals surface area contributed by atoms with E-state index in [1.54, 1.807) is 12.1 Å².